The first-order valence-electron chi connectivity index (χ1n) is 7.96. The third-order valence-corrected chi connectivity index (χ3v) is 4.25. The lowest BCUT2D eigenvalue weighted by Crippen LogP contribution is -2.29. The van der Waals surface area contributed by atoms with E-state index >= 15 is 0 Å². The SMILES string of the molecule is CCOC(=O)C(C)C(=O)Nc1ccc(C2=NNC(=O)C3CC23)cc1. The van der Waals surface area contributed by atoms with Crippen LogP contribution >= 0.6 is 0 Å². The molecule has 24 heavy (non-hydrogen) atoms. The lowest BCUT2D eigenvalue weighted by Gasteiger charge is -2.13. The number of ether oxygens (including phenoxy) is 1. The van der Waals surface area contributed by atoms with E-state index in [1.165, 1.54) is 6.92 Å². The number of hydrogen-bond donors (Lipinski definition) is 2. The minimum absolute atomic E-state index is 0.0133. The molecule has 126 valence electrons. The van der Waals surface area contributed by atoms with Crippen molar-refractivity contribution >= 4 is 29.2 Å². The molecule has 2 N–H and O–H groups in total. The fourth-order valence-corrected chi connectivity index (χ4v) is 2.70. The van der Waals surface area contributed by atoms with Crippen LogP contribution in [0.1, 0.15) is 25.8 Å². The predicted octanol–water partition coefficient (Wildman–Crippen LogP) is 1.29. The highest BCUT2D eigenvalue weighted by molar-refractivity contribution is 6.10. The number of nitrogens with zero attached hydrogens (tertiary/aromatic N) is 1. The molecule has 3 unspecified atom stereocenters. The van der Waals surface area contributed by atoms with Gasteiger partial charge in [-0.3, -0.25) is 14.4 Å². The maximum atomic E-state index is 12.0. The number of rotatable bonds is 5. The highest BCUT2D eigenvalue weighted by Crippen LogP contribution is 2.43. The largest absolute Gasteiger partial charge is 0.465 e. The Morgan fingerprint density at radius 2 is 2.04 bits per heavy atom. The molecule has 1 saturated carbocycles. The van der Waals surface area contributed by atoms with Crippen LogP contribution in [0, 0.1) is 17.8 Å². The second-order valence-electron chi connectivity index (χ2n) is 5.96. The van der Waals surface area contributed by atoms with Gasteiger partial charge in [0.05, 0.1) is 12.3 Å². The number of amides is 2. The summed E-state index contributed by atoms with van der Waals surface area (Å²) in [5, 5.41) is 6.82. The van der Waals surface area contributed by atoms with Crippen LogP contribution in [0.15, 0.2) is 29.4 Å². The van der Waals surface area contributed by atoms with Crippen LogP contribution in [0.2, 0.25) is 0 Å². The van der Waals surface area contributed by atoms with E-state index in [0.717, 1.165) is 17.7 Å². The Balaban J connectivity index is 1.64. The van der Waals surface area contributed by atoms with Crippen molar-refractivity contribution in [3.63, 3.8) is 0 Å². The molecule has 0 bridgehead atoms. The van der Waals surface area contributed by atoms with Crippen LogP contribution in [0.4, 0.5) is 5.69 Å². The first kappa shape index (κ1) is 16.2. The van der Waals surface area contributed by atoms with Crippen LogP contribution in [0.25, 0.3) is 0 Å². The van der Waals surface area contributed by atoms with Crippen molar-refractivity contribution in [2.24, 2.45) is 22.9 Å². The van der Waals surface area contributed by atoms with Crippen LogP contribution in [0.5, 0.6) is 0 Å². The lowest BCUT2D eigenvalue weighted by atomic mass is 10.0. The third kappa shape index (κ3) is 3.15. The summed E-state index contributed by atoms with van der Waals surface area (Å²) in [5.41, 5.74) is 4.91. The minimum atomic E-state index is -0.866. The van der Waals surface area contributed by atoms with Crippen molar-refractivity contribution in [1.29, 1.82) is 0 Å². The van der Waals surface area contributed by atoms with E-state index in [2.05, 4.69) is 15.8 Å². The number of carbonyl (C=O) groups excluding carboxylic acids is 3. The van der Waals surface area contributed by atoms with Crippen LogP contribution in [0.3, 0.4) is 0 Å². The van der Waals surface area contributed by atoms with E-state index in [1.807, 2.05) is 12.1 Å². The monoisotopic (exact) mass is 329 g/mol. The number of nitrogens with one attached hydrogen (secondary N) is 2. The van der Waals surface area contributed by atoms with Gasteiger partial charge in [-0.05, 0) is 38.0 Å². The maximum absolute atomic E-state index is 12.0. The van der Waals surface area contributed by atoms with Gasteiger partial charge in [-0.15, -0.1) is 0 Å². The molecule has 0 aromatic heterocycles. The summed E-state index contributed by atoms with van der Waals surface area (Å²) in [6.07, 6.45) is 0.834. The van der Waals surface area contributed by atoms with Crippen LogP contribution in [-0.4, -0.2) is 30.1 Å². The number of esters is 1. The molecule has 3 atom stereocenters. The number of anilines is 1. The zero-order valence-corrected chi connectivity index (χ0v) is 13.5. The van der Waals surface area contributed by atoms with Gasteiger partial charge in [0.25, 0.3) is 0 Å². The molecule has 2 amide bonds. The topological polar surface area (TPSA) is 96.9 Å². The zero-order chi connectivity index (χ0) is 17.3. The van der Waals surface area contributed by atoms with Gasteiger partial charge in [0, 0.05) is 17.5 Å². The van der Waals surface area contributed by atoms with Gasteiger partial charge in [0.15, 0.2) is 0 Å². The molecule has 1 aromatic carbocycles. The van der Waals surface area contributed by atoms with Crippen molar-refractivity contribution in [1.82, 2.24) is 5.43 Å². The van der Waals surface area contributed by atoms with Gasteiger partial charge in [-0.25, -0.2) is 5.43 Å². The summed E-state index contributed by atoms with van der Waals surface area (Å²) in [6, 6.07) is 7.19. The molecule has 7 nitrogen and oxygen atoms in total. The van der Waals surface area contributed by atoms with Crippen LogP contribution in [-0.2, 0) is 19.1 Å². The molecule has 7 heteroatoms. The molecule has 2 aliphatic rings. The average Bonchev–Trinajstić information content (AvgIpc) is 3.37. The maximum Gasteiger partial charge on any atom is 0.318 e. The van der Waals surface area contributed by atoms with E-state index in [-0.39, 0.29) is 24.3 Å². The Hall–Kier alpha value is -2.70. The number of hydrazone groups is 1. The van der Waals surface area contributed by atoms with Crippen molar-refractivity contribution in [2.75, 3.05) is 11.9 Å². The molecule has 1 fully saturated rings. The van der Waals surface area contributed by atoms with E-state index < -0.39 is 17.8 Å². The Morgan fingerprint density at radius 3 is 2.71 bits per heavy atom. The second kappa shape index (κ2) is 6.43. The lowest BCUT2D eigenvalue weighted by molar-refractivity contribution is -0.150. The Morgan fingerprint density at radius 1 is 1.33 bits per heavy atom. The minimum Gasteiger partial charge on any atom is -0.465 e. The highest BCUT2D eigenvalue weighted by atomic mass is 16.5. The van der Waals surface area contributed by atoms with Gasteiger partial charge in [0.1, 0.15) is 5.92 Å². The Bertz CT molecular complexity index is 711. The number of carbonyl (C=O) groups is 3. The van der Waals surface area contributed by atoms with Crippen molar-refractivity contribution in [2.45, 2.75) is 20.3 Å². The highest BCUT2D eigenvalue weighted by Gasteiger charge is 2.49. The summed E-state index contributed by atoms with van der Waals surface area (Å²) in [6.45, 7) is 3.45. The molecule has 1 aliphatic carbocycles. The fraction of sp³-hybridized carbons (Fsp3) is 0.412. The van der Waals surface area contributed by atoms with Gasteiger partial charge >= 0.3 is 5.97 Å². The summed E-state index contributed by atoms with van der Waals surface area (Å²) in [4.78, 5) is 35.0. The summed E-state index contributed by atoms with van der Waals surface area (Å²) in [7, 11) is 0. The Labute approximate surface area is 139 Å². The Kier molecular flexibility index (Phi) is 4.33. The first-order chi connectivity index (χ1) is 11.5. The average molecular weight is 329 g/mol. The van der Waals surface area contributed by atoms with E-state index in [1.54, 1.807) is 19.1 Å². The smallest absolute Gasteiger partial charge is 0.318 e. The summed E-state index contributed by atoms with van der Waals surface area (Å²) >= 11 is 0. The summed E-state index contributed by atoms with van der Waals surface area (Å²) < 4.78 is 4.84. The number of hydrogen-bond acceptors (Lipinski definition) is 5. The molecular weight excluding hydrogens is 310 g/mol. The van der Waals surface area contributed by atoms with Gasteiger partial charge in [-0.2, -0.15) is 5.10 Å². The van der Waals surface area contributed by atoms with Crippen molar-refractivity contribution in [3.05, 3.63) is 29.8 Å². The predicted molar refractivity (Wildman–Crippen MR) is 87.1 cm³/mol. The van der Waals surface area contributed by atoms with Gasteiger partial charge in [-0.1, -0.05) is 12.1 Å². The van der Waals surface area contributed by atoms with Crippen LogP contribution < -0.4 is 10.7 Å². The van der Waals surface area contributed by atoms with Crippen molar-refractivity contribution < 1.29 is 19.1 Å². The molecule has 3 rings (SSSR count). The second-order valence-corrected chi connectivity index (χ2v) is 5.96. The number of fused-ring (bicyclic) bond motifs is 1. The zero-order valence-electron chi connectivity index (χ0n) is 13.5. The number of benzene rings is 1. The quantitative estimate of drug-likeness (QED) is 0.628. The standard InChI is InChI=1S/C17H19N3O4/c1-3-24-17(23)9(2)15(21)18-11-6-4-10(5-7-11)14-12-8-13(12)16(22)20-19-14/h4-7,9,12-13H,3,8H2,1-2H3,(H,18,21)(H,20,22). The van der Waals surface area contributed by atoms with E-state index in [0.29, 0.717) is 5.69 Å². The van der Waals surface area contributed by atoms with E-state index in [9.17, 15) is 14.4 Å². The third-order valence-electron chi connectivity index (χ3n) is 4.25. The van der Waals surface area contributed by atoms with Crippen molar-refractivity contribution in [3.8, 4) is 0 Å². The molecule has 0 saturated heterocycles. The molecular formula is C17H19N3O4. The fourth-order valence-electron chi connectivity index (χ4n) is 2.70. The van der Waals surface area contributed by atoms with E-state index in [4.69, 9.17) is 4.74 Å². The molecule has 0 spiro atoms. The molecule has 0 radical (unpaired) electrons. The molecule has 1 heterocycles. The summed E-state index contributed by atoms with van der Waals surface area (Å²) in [5.74, 6) is -1.59. The molecule has 1 aliphatic heterocycles. The molecule has 1 aromatic rings. The van der Waals surface area contributed by atoms with Gasteiger partial charge < -0.3 is 10.1 Å². The normalized spacial score (nSPS) is 22.6. The van der Waals surface area contributed by atoms with Gasteiger partial charge in [0.2, 0.25) is 11.8 Å². The first-order valence-corrected chi connectivity index (χ1v) is 7.96.